The van der Waals surface area contributed by atoms with Crippen LogP contribution in [0, 0.1) is 6.92 Å². The smallest absolute Gasteiger partial charge is 0.255 e. The number of aromatic nitrogens is 3. The molecule has 0 bridgehead atoms. The first-order valence-electron chi connectivity index (χ1n) is 9.98. The summed E-state index contributed by atoms with van der Waals surface area (Å²) in [6.45, 7) is 9.62. The molecule has 0 atom stereocenters. The van der Waals surface area contributed by atoms with E-state index < -0.39 is 0 Å². The molecule has 0 unspecified atom stereocenters. The van der Waals surface area contributed by atoms with Crippen LogP contribution in [0.5, 0.6) is 0 Å². The van der Waals surface area contributed by atoms with Gasteiger partial charge in [0.05, 0.1) is 5.69 Å². The number of piperazine rings is 1. The number of benzene rings is 2. The molecule has 1 aromatic heterocycles. The predicted molar refractivity (Wildman–Crippen MR) is 115 cm³/mol. The Labute approximate surface area is 171 Å². The highest BCUT2D eigenvalue weighted by Crippen LogP contribution is 2.24. The summed E-state index contributed by atoms with van der Waals surface area (Å²) in [7, 11) is 0. The number of nitrogens with zero attached hydrogens (tertiary/aromatic N) is 5. The lowest BCUT2D eigenvalue weighted by Crippen LogP contribution is -2.46. The van der Waals surface area contributed by atoms with E-state index >= 15 is 0 Å². The zero-order chi connectivity index (χ0) is 20.2. The molecule has 4 rings (SSSR count). The zero-order valence-corrected chi connectivity index (χ0v) is 16.9. The van der Waals surface area contributed by atoms with Gasteiger partial charge in [0.25, 0.3) is 5.91 Å². The highest BCUT2D eigenvalue weighted by molar-refractivity contribution is 6.04. The monoisotopic (exact) mass is 390 g/mol. The summed E-state index contributed by atoms with van der Waals surface area (Å²) in [6, 6.07) is 13.6. The second kappa shape index (κ2) is 8.45. The number of anilines is 2. The van der Waals surface area contributed by atoms with Crippen molar-refractivity contribution in [3.05, 3.63) is 66.2 Å². The minimum atomic E-state index is -0.123. The number of carbonyl (C=O) groups is 1. The number of carbonyl (C=O) groups excluding carboxylic acids is 1. The van der Waals surface area contributed by atoms with Crippen LogP contribution < -0.4 is 10.2 Å². The van der Waals surface area contributed by atoms with Gasteiger partial charge in [0.15, 0.2) is 0 Å². The Morgan fingerprint density at radius 2 is 1.76 bits per heavy atom. The summed E-state index contributed by atoms with van der Waals surface area (Å²) in [4.78, 5) is 21.5. The second-order valence-electron chi connectivity index (χ2n) is 7.26. The molecule has 1 saturated heterocycles. The summed E-state index contributed by atoms with van der Waals surface area (Å²) in [6.07, 6.45) is 3.11. The van der Waals surface area contributed by atoms with Crippen LogP contribution in [0.2, 0.25) is 0 Å². The fourth-order valence-electron chi connectivity index (χ4n) is 3.61. The minimum absolute atomic E-state index is 0.123. The molecule has 0 aliphatic carbocycles. The number of hydrogen-bond acceptors (Lipinski definition) is 5. The van der Waals surface area contributed by atoms with E-state index in [9.17, 15) is 4.79 Å². The van der Waals surface area contributed by atoms with Crippen molar-refractivity contribution in [3.63, 3.8) is 0 Å². The lowest BCUT2D eigenvalue weighted by molar-refractivity contribution is 0.102. The van der Waals surface area contributed by atoms with Gasteiger partial charge < -0.3 is 15.1 Å². The van der Waals surface area contributed by atoms with Gasteiger partial charge in [-0.15, -0.1) is 0 Å². The Kier molecular flexibility index (Phi) is 5.57. The van der Waals surface area contributed by atoms with Crippen molar-refractivity contribution in [1.82, 2.24) is 19.7 Å². The number of aryl methyl sites for hydroxylation is 1. The molecule has 0 saturated carbocycles. The Bertz CT molecular complexity index is 959. The van der Waals surface area contributed by atoms with Crippen LogP contribution in [0.15, 0.2) is 55.1 Å². The van der Waals surface area contributed by atoms with E-state index in [0.29, 0.717) is 5.56 Å². The van der Waals surface area contributed by atoms with E-state index in [-0.39, 0.29) is 5.91 Å². The quantitative estimate of drug-likeness (QED) is 0.726. The fourth-order valence-corrected chi connectivity index (χ4v) is 3.61. The van der Waals surface area contributed by atoms with E-state index in [0.717, 1.165) is 49.7 Å². The first kappa shape index (κ1) is 19.1. The van der Waals surface area contributed by atoms with Crippen LogP contribution in [0.3, 0.4) is 0 Å². The molecule has 150 valence electrons. The van der Waals surface area contributed by atoms with Gasteiger partial charge in [-0.05, 0) is 61.5 Å². The van der Waals surface area contributed by atoms with Crippen LogP contribution in [0.1, 0.15) is 22.8 Å². The van der Waals surface area contributed by atoms with Crippen molar-refractivity contribution in [3.8, 4) is 5.69 Å². The molecule has 3 aromatic rings. The number of hydrogen-bond donors (Lipinski definition) is 1. The zero-order valence-electron chi connectivity index (χ0n) is 16.9. The third-order valence-electron chi connectivity index (χ3n) is 5.46. The normalized spacial score (nSPS) is 14.8. The largest absolute Gasteiger partial charge is 0.369 e. The first-order chi connectivity index (χ1) is 14.1. The molecule has 1 aliphatic heterocycles. The molecule has 1 fully saturated rings. The number of amides is 1. The molecule has 2 heterocycles. The molecular formula is C22H26N6O. The van der Waals surface area contributed by atoms with Crippen LogP contribution in [0.25, 0.3) is 5.69 Å². The van der Waals surface area contributed by atoms with Crippen LogP contribution in [-0.4, -0.2) is 58.3 Å². The van der Waals surface area contributed by atoms with Crippen molar-refractivity contribution in [2.45, 2.75) is 13.8 Å². The maximum Gasteiger partial charge on any atom is 0.255 e. The Morgan fingerprint density at radius 1 is 1.03 bits per heavy atom. The van der Waals surface area contributed by atoms with E-state index in [2.05, 4.69) is 44.3 Å². The molecule has 0 radical (unpaired) electrons. The lowest BCUT2D eigenvalue weighted by atomic mass is 10.1. The van der Waals surface area contributed by atoms with Gasteiger partial charge in [-0.1, -0.05) is 6.92 Å². The average molecular weight is 390 g/mol. The topological polar surface area (TPSA) is 66.3 Å². The molecule has 29 heavy (non-hydrogen) atoms. The van der Waals surface area contributed by atoms with Crippen molar-refractivity contribution < 1.29 is 4.79 Å². The maximum absolute atomic E-state index is 12.7. The van der Waals surface area contributed by atoms with Gasteiger partial charge >= 0.3 is 0 Å². The van der Waals surface area contributed by atoms with Crippen LogP contribution in [-0.2, 0) is 0 Å². The summed E-state index contributed by atoms with van der Waals surface area (Å²) < 4.78 is 1.66. The van der Waals surface area contributed by atoms with Crippen molar-refractivity contribution in [2.75, 3.05) is 42.9 Å². The summed E-state index contributed by atoms with van der Waals surface area (Å²) >= 11 is 0. The van der Waals surface area contributed by atoms with Gasteiger partial charge in [0, 0.05) is 43.1 Å². The third-order valence-corrected chi connectivity index (χ3v) is 5.46. The number of rotatable bonds is 5. The van der Waals surface area contributed by atoms with Crippen LogP contribution >= 0.6 is 0 Å². The molecule has 1 aliphatic rings. The predicted octanol–water partition coefficient (Wildman–Crippen LogP) is 2.97. The number of likely N-dealkylation sites (N-methyl/N-ethyl adjacent to an activating group) is 1. The van der Waals surface area contributed by atoms with Crippen molar-refractivity contribution >= 4 is 17.3 Å². The molecule has 0 spiro atoms. The Morgan fingerprint density at radius 3 is 2.38 bits per heavy atom. The summed E-state index contributed by atoms with van der Waals surface area (Å²) in [5, 5.41) is 7.12. The second-order valence-corrected chi connectivity index (χ2v) is 7.26. The highest BCUT2D eigenvalue weighted by atomic mass is 16.1. The average Bonchev–Trinajstić information content (AvgIpc) is 3.30. The van der Waals surface area contributed by atoms with Crippen molar-refractivity contribution in [2.24, 2.45) is 0 Å². The minimum Gasteiger partial charge on any atom is -0.369 e. The molecule has 1 amide bonds. The highest BCUT2D eigenvalue weighted by Gasteiger charge is 2.17. The summed E-state index contributed by atoms with van der Waals surface area (Å²) in [5.41, 5.74) is 4.59. The van der Waals surface area contributed by atoms with E-state index in [4.69, 9.17) is 0 Å². The summed E-state index contributed by atoms with van der Waals surface area (Å²) in [5.74, 6) is -0.123. The maximum atomic E-state index is 12.7. The molecule has 7 nitrogen and oxygen atoms in total. The van der Waals surface area contributed by atoms with Gasteiger partial charge in [-0.3, -0.25) is 4.79 Å². The SMILES string of the molecule is CCN1CCN(c2ccc(NC(=O)c3ccc(-n4cncn4)cc3)c(C)c2)CC1. The Hall–Kier alpha value is -3.19. The third kappa shape index (κ3) is 4.30. The van der Waals surface area contributed by atoms with Gasteiger partial charge in [0.2, 0.25) is 0 Å². The van der Waals surface area contributed by atoms with Gasteiger partial charge in [-0.2, -0.15) is 5.10 Å². The van der Waals surface area contributed by atoms with Crippen molar-refractivity contribution in [1.29, 1.82) is 0 Å². The standard InChI is InChI=1S/C22H26N6O/c1-3-26-10-12-27(13-11-26)20-8-9-21(17(2)14-20)25-22(29)18-4-6-19(7-5-18)28-16-23-15-24-28/h4-9,14-16H,3,10-13H2,1-2H3,(H,25,29). The molecule has 1 N–H and O–H groups in total. The first-order valence-corrected chi connectivity index (χ1v) is 9.98. The Balaban J connectivity index is 1.42. The molecule has 7 heteroatoms. The number of nitrogens with one attached hydrogen (secondary N) is 1. The molecule has 2 aromatic carbocycles. The van der Waals surface area contributed by atoms with Gasteiger partial charge in [0.1, 0.15) is 12.7 Å². The molecular weight excluding hydrogens is 364 g/mol. The van der Waals surface area contributed by atoms with Crippen LogP contribution in [0.4, 0.5) is 11.4 Å². The van der Waals surface area contributed by atoms with E-state index in [1.54, 1.807) is 23.1 Å². The fraction of sp³-hybridized carbons (Fsp3) is 0.318. The van der Waals surface area contributed by atoms with Gasteiger partial charge in [-0.25, -0.2) is 9.67 Å². The van der Waals surface area contributed by atoms with E-state index in [1.165, 1.54) is 12.0 Å². The van der Waals surface area contributed by atoms with E-state index in [1.807, 2.05) is 25.1 Å². The lowest BCUT2D eigenvalue weighted by Gasteiger charge is -2.35.